The van der Waals surface area contributed by atoms with E-state index in [1.165, 1.54) is 233 Å². The van der Waals surface area contributed by atoms with Crippen LogP contribution in [0.1, 0.15) is 155 Å². The smallest absolute Gasteiger partial charge is 0.122 e. The molecule has 0 spiro atoms. The maximum absolute atomic E-state index is 2.97. The van der Waals surface area contributed by atoms with Crippen molar-refractivity contribution in [2.24, 2.45) is 0 Å². The highest BCUT2D eigenvalue weighted by molar-refractivity contribution is 7.29. The fourth-order valence-electron chi connectivity index (χ4n) is 13.3. The highest BCUT2D eigenvalue weighted by Crippen LogP contribution is 2.46. The van der Waals surface area contributed by atoms with Crippen molar-refractivity contribution in [3.63, 3.8) is 0 Å². The molecule has 3 heterocycles. The Labute approximate surface area is 563 Å². The van der Waals surface area contributed by atoms with Gasteiger partial charge in [0.2, 0.25) is 0 Å². The molecule has 0 aliphatic carbocycles. The summed E-state index contributed by atoms with van der Waals surface area (Å²) in [6.07, 6.45) is 18.9. The molecule has 0 unspecified atom stereocenters. The summed E-state index contributed by atoms with van der Waals surface area (Å²) < 4.78 is 0. The normalized spacial score (nSPS) is 14.0. The molecule has 0 fully saturated rings. The molecule has 2 aromatic rings. The summed E-state index contributed by atoms with van der Waals surface area (Å²) in [7, 11) is 29.1. The van der Waals surface area contributed by atoms with E-state index in [1.54, 1.807) is 19.5 Å². The second-order valence-corrected chi connectivity index (χ2v) is 37.8. The fraction of sp³-hybridized carbons (Fsp3) is 0.890. The van der Waals surface area contributed by atoms with Crippen LogP contribution in [0, 0.1) is 0 Å². The van der Waals surface area contributed by atoms with Gasteiger partial charge in [-0.25, -0.2) is 0 Å². The Morgan fingerprint density at radius 2 is 0.449 bits per heavy atom. The largest absolute Gasteiger partial charge is 0.309 e. The molecule has 522 valence electrons. The van der Waals surface area contributed by atoms with E-state index in [-0.39, 0.29) is 10.8 Å². The third-order valence-corrected chi connectivity index (χ3v) is 27.4. The molecule has 0 atom stereocenters. The first-order chi connectivity index (χ1) is 42.1. The van der Waals surface area contributed by atoms with Crippen LogP contribution in [-0.4, -0.2) is 334 Å². The number of nitrogens with zero attached hydrogens (tertiary/aromatic N) is 13. The van der Waals surface area contributed by atoms with E-state index in [1.807, 2.05) is 10.4 Å². The summed E-state index contributed by atoms with van der Waals surface area (Å²) >= 11 is 4.35. The molecule has 3 rings (SSSR count). The van der Waals surface area contributed by atoms with Crippen molar-refractivity contribution < 1.29 is 0 Å². The van der Waals surface area contributed by atoms with Gasteiger partial charge in [0.15, 0.2) is 0 Å². The first-order valence-corrected chi connectivity index (χ1v) is 40.3. The second kappa shape index (κ2) is 44.8. The molecular formula is C73H149N13S2Si. The van der Waals surface area contributed by atoms with E-state index >= 15 is 0 Å². The fourth-order valence-corrected chi connectivity index (χ4v) is 22.7. The zero-order valence-corrected chi connectivity index (χ0v) is 65.6. The molecule has 16 heteroatoms. The van der Waals surface area contributed by atoms with Gasteiger partial charge in [-0.3, -0.25) is 0 Å². The van der Waals surface area contributed by atoms with Crippen molar-refractivity contribution in [3.05, 3.63) is 21.9 Å². The lowest BCUT2D eigenvalue weighted by atomic mass is 9.95. The third kappa shape index (κ3) is 34.6. The first kappa shape index (κ1) is 82.3. The molecule has 0 amide bonds. The molecule has 1 aliphatic rings. The van der Waals surface area contributed by atoms with Crippen LogP contribution in [0.5, 0.6) is 0 Å². The highest BCUT2D eigenvalue weighted by Gasteiger charge is 2.48. The van der Waals surface area contributed by atoms with Crippen molar-refractivity contribution in [1.82, 2.24) is 63.7 Å². The van der Waals surface area contributed by atoms with Crippen LogP contribution in [0.2, 0.25) is 12.1 Å². The summed E-state index contributed by atoms with van der Waals surface area (Å²) in [5.74, 6) is 0. The zero-order valence-electron chi connectivity index (χ0n) is 63.0. The highest BCUT2D eigenvalue weighted by atomic mass is 32.1. The van der Waals surface area contributed by atoms with Gasteiger partial charge in [0.1, 0.15) is 8.07 Å². The summed E-state index contributed by atoms with van der Waals surface area (Å²) in [6.45, 7) is 47.1. The topological polar surface area (TPSA) is 42.1 Å². The Morgan fingerprint density at radius 1 is 0.270 bits per heavy atom. The lowest BCUT2D eigenvalue weighted by Gasteiger charge is -2.33. The third-order valence-electron chi connectivity index (χ3n) is 18.5. The quantitative estimate of drug-likeness (QED) is 0.0592. The Kier molecular flexibility index (Phi) is 41.4. The molecule has 89 heavy (non-hydrogen) atoms. The van der Waals surface area contributed by atoms with Crippen molar-refractivity contribution >= 4 is 41.1 Å². The van der Waals surface area contributed by atoms with Crippen LogP contribution in [0.3, 0.4) is 0 Å². The number of hydrogen-bond acceptors (Lipinski definition) is 15. The molecule has 0 saturated heterocycles. The van der Waals surface area contributed by atoms with Crippen molar-refractivity contribution in [3.8, 4) is 9.75 Å². The van der Waals surface area contributed by atoms with Gasteiger partial charge in [-0.05, 0) is 398 Å². The predicted octanol–water partition coefficient (Wildman–Crippen LogP) is 10.6. The van der Waals surface area contributed by atoms with Crippen LogP contribution in [0.25, 0.3) is 9.75 Å². The molecule has 1 aliphatic heterocycles. The molecule has 13 nitrogen and oxygen atoms in total. The molecule has 2 aromatic heterocycles. The number of hydrogen-bond donors (Lipinski definition) is 0. The van der Waals surface area contributed by atoms with Crippen LogP contribution in [0.15, 0.2) is 12.1 Å². The minimum Gasteiger partial charge on any atom is -0.309 e. The van der Waals surface area contributed by atoms with Crippen molar-refractivity contribution in [2.75, 3.05) is 262 Å². The van der Waals surface area contributed by atoms with Crippen LogP contribution < -0.4 is 10.4 Å². The van der Waals surface area contributed by atoms with E-state index < -0.39 is 8.07 Å². The Balaban J connectivity index is 2.06. The summed E-state index contributed by atoms with van der Waals surface area (Å²) in [4.78, 5) is 40.3. The maximum atomic E-state index is 2.97. The van der Waals surface area contributed by atoms with Gasteiger partial charge in [-0.15, -0.1) is 22.7 Å². The average molecular weight is 1300 g/mol. The van der Waals surface area contributed by atoms with Gasteiger partial charge in [-0.1, -0.05) is 54.9 Å². The predicted molar refractivity (Wildman–Crippen MR) is 403 cm³/mol. The Hall–Kier alpha value is -0.903. The number of thiophene rings is 2. The summed E-state index contributed by atoms with van der Waals surface area (Å²) in [6, 6.07) is 8.33. The number of rotatable bonds is 55. The van der Waals surface area contributed by atoms with E-state index in [0.717, 1.165) is 39.3 Å². The molecule has 0 bridgehead atoms. The number of fused-ring (bicyclic) bond motifs is 3. The van der Waals surface area contributed by atoms with E-state index in [9.17, 15) is 0 Å². The van der Waals surface area contributed by atoms with Crippen molar-refractivity contribution in [1.29, 1.82) is 0 Å². The van der Waals surface area contributed by atoms with Gasteiger partial charge in [0.05, 0.1) is 0 Å². The molecule has 0 N–H and O–H groups in total. The summed E-state index contributed by atoms with van der Waals surface area (Å²) in [5.41, 5.74) is 0.272. The van der Waals surface area contributed by atoms with Gasteiger partial charge in [-0.2, -0.15) is 0 Å². The summed E-state index contributed by atoms with van der Waals surface area (Å²) in [5, 5.41) is 3.64. The van der Waals surface area contributed by atoms with Gasteiger partial charge >= 0.3 is 0 Å². The Bertz CT molecular complexity index is 1920. The molecule has 0 saturated carbocycles. The lowest BCUT2D eigenvalue weighted by molar-refractivity contribution is 0.195. The minimum atomic E-state index is -2.20. The monoisotopic (exact) mass is 1300 g/mol. The molecular weight excluding hydrogens is 1150 g/mol. The standard InChI is InChI=1S/C73H149N13S2Si/c1-22-23-44-81(45-24-37-74(8)9)52-31-56-85(57-32-53-82(46-25-38-75(10)11)47-26-39-76(12)13)60-35-62-89(66-64-68(72(2,3)4)87-70(66)71-67(89)65-69(88-71)73(5,6)7)63-36-61-86(58-33-54-83(48-27-40-77(14)15)49-28-41-78(16)17)59-34-55-84(50-29-42-79(18)19)51-30-43-80(20)21/h64-65H,22-63H2,1-21H3. The van der Waals surface area contributed by atoms with Gasteiger partial charge in [0.25, 0.3) is 0 Å². The van der Waals surface area contributed by atoms with Crippen LogP contribution in [0.4, 0.5) is 0 Å². The second-order valence-electron chi connectivity index (χ2n) is 31.4. The molecule has 0 radical (unpaired) electrons. The van der Waals surface area contributed by atoms with E-state index in [2.05, 4.69) is 246 Å². The maximum Gasteiger partial charge on any atom is 0.122 e. The zero-order chi connectivity index (χ0) is 66.0. The molecule has 0 aromatic carbocycles. The SMILES string of the molecule is CCCCN(CCCN(C)C)CCCN(CCCN(CCCN(C)C)CCCN(C)C)CCC[Si]1(CCCN(CCCN(CCCN(C)C)CCCN(C)C)CCCN(CCCN(C)C)CCCN(C)C)c2cc(C(C)(C)C)sc2-c2sc(C(C)(C)C)cc21. The first-order valence-electron chi connectivity index (χ1n) is 36.3. The van der Waals surface area contributed by atoms with Crippen LogP contribution in [-0.2, 0) is 10.8 Å². The average Bonchev–Trinajstić information content (AvgIpc) is 1.55. The van der Waals surface area contributed by atoms with Crippen molar-refractivity contribution in [2.45, 2.75) is 168 Å². The minimum absolute atomic E-state index is 0.136. The van der Waals surface area contributed by atoms with Gasteiger partial charge < -0.3 is 63.7 Å². The van der Waals surface area contributed by atoms with E-state index in [0.29, 0.717) is 0 Å². The van der Waals surface area contributed by atoms with E-state index in [4.69, 9.17) is 0 Å². The van der Waals surface area contributed by atoms with Gasteiger partial charge in [0, 0.05) is 19.5 Å². The van der Waals surface area contributed by atoms with Crippen LogP contribution >= 0.6 is 22.7 Å². The Morgan fingerprint density at radius 3 is 0.629 bits per heavy atom. The lowest BCUT2D eigenvalue weighted by Crippen LogP contribution is -2.55. The number of unbranched alkanes of at least 4 members (excludes halogenated alkanes) is 1.